The zero-order chi connectivity index (χ0) is 20.1. The molecule has 152 valence electrons. The van der Waals surface area contributed by atoms with Gasteiger partial charge in [0, 0.05) is 23.4 Å². The fourth-order valence-electron chi connectivity index (χ4n) is 4.19. The van der Waals surface area contributed by atoms with Crippen molar-refractivity contribution in [3.05, 3.63) is 65.5 Å². The van der Waals surface area contributed by atoms with Gasteiger partial charge >= 0.3 is 0 Å². The fourth-order valence-corrected chi connectivity index (χ4v) is 4.19. The van der Waals surface area contributed by atoms with Crippen molar-refractivity contribution in [2.24, 2.45) is 10.9 Å². The summed E-state index contributed by atoms with van der Waals surface area (Å²) in [6.45, 7) is 4.14. The Morgan fingerprint density at radius 1 is 1.03 bits per heavy atom. The summed E-state index contributed by atoms with van der Waals surface area (Å²) in [5.41, 5.74) is 2.96. The third kappa shape index (κ3) is 5.10. The number of Topliss-reactive ketones (excluding diaryl/α,β-unsaturated/α-hetero) is 1. The van der Waals surface area contributed by atoms with E-state index in [-0.39, 0.29) is 11.6 Å². The lowest BCUT2D eigenvalue weighted by molar-refractivity contribution is 0.0999. The summed E-state index contributed by atoms with van der Waals surface area (Å²) in [6.07, 6.45) is 4.25. The normalized spacial score (nSPS) is 17.7. The summed E-state index contributed by atoms with van der Waals surface area (Å²) < 4.78 is 18.6. The Labute approximate surface area is 171 Å². The number of carbonyl (C=O) groups is 1. The molecule has 2 heterocycles. The number of ether oxygens (including phenoxy) is 1. The molecule has 2 aromatic rings. The minimum atomic E-state index is -0.241. The second-order valence-corrected chi connectivity index (χ2v) is 7.88. The molecule has 2 aliphatic rings. The first kappa shape index (κ1) is 19.8. The van der Waals surface area contributed by atoms with Gasteiger partial charge in [0.2, 0.25) is 0 Å². The number of fused-ring (bicyclic) bond motifs is 1. The van der Waals surface area contributed by atoms with Crippen LogP contribution in [0, 0.1) is 11.7 Å². The fraction of sp³-hybridized carbons (Fsp3) is 0.417. The molecule has 0 aromatic heterocycles. The lowest BCUT2D eigenvalue weighted by Gasteiger charge is -2.32. The van der Waals surface area contributed by atoms with Crippen molar-refractivity contribution in [3.8, 4) is 5.75 Å². The summed E-state index contributed by atoms with van der Waals surface area (Å²) >= 11 is 0. The molecule has 4 nitrogen and oxygen atoms in total. The van der Waals surface area contributed by atoms with Crippen LogP contribution in [0.3, 0.4) is 0 Å². The van der Waals surface area contributed by atoms with Gasteiger partial charge in [-0.3, -0.25) is 9.79 Å². The molecule has 0 aliphatic carbocycles. The van der Waals surface area contributed by atoms with Gasteiger partial charge in [0.15, 0.2) is 5.78 Å². The highest BCUT2D eigenvalue weighted by atomic mass is 19.1. The van der Waals surface area contributed by atoms with E-state index >= 15 is 0 Å². The van der Waals surface area contributed by atoms with Crippen molar-refractivity contribution >= 4 is 11.5 Å². The van der Waals surface area contributed by atoms with E-state index in [0.717, 1.165) is 67.9 Å². The summed E-state index contributed by atoms with van der Waals surface area (Å²) in [7, 11) is 0. The Morgan fingerprint density at radius 3 is 2.52 bits per heavy atom. The van der Waals surface area contributed by atoms with Crippen molar-refractivity contribution in [3.63, 3.8) is 0 Å². The van der Waals surface area contributed by atoms with Gasteiger partial charge in [-0.25, -0.2) is 4.39 Å². The highest BCUT2D eigenvalue weighted by molar-refractivity contribution is 6.15. The maximum Gasteiger partial charge on any atom is 0.184 e. The SMILES string of the molecule is O=C1CN=C(CC2CCN(CCCOc3ccc(F)cc3)CC2)c2ccccc21. The zero-order valence-electron chi connectivity index (χ0n) is 16.6. The Balaban J connectivity index is 1.19. The van der Waals surface area contributed by atoms with Crippen molar-refractivity contribution in [1.29, 1.82) is 0 Å². The number of hydrogen-bond donors (Lipinski definition) is 0. The van der Waals surface area contributed by atoms with Crippen molar-refractivity contribution < 1.29 is 13.9 Å². The van der Waals surface area contributed by atoms with Crippen molar-refractivity contribution in [2.45, 2.75) is 25.7 Å². The number of piperidine rings is 1. The molecular weight excluding hydrogens is 367 g/mol. The average Bonchev–Trinajstić information content (AvgIpc) is 2.76. The van der Waals surface area contributed by atoms with Crippen LogP contribution in [0.25, 0.3) is 0 Å². The molecule has 2 aromatic carbocycles. The molecule has 4 rings (SSSR count). The lowest BCUT2D eigenvalue weighted by Crippen LogP contribution is -2.36. The smallest absolute Gasteiger partial charge is 0.184 e. The molecule has 0 radical (unpaired) electrons. The maximum absolute atomic E-state index is 12.9. The number of ketones is 1. The first-order valence-electron chi connectivity index (χ1n) is 10.5. The molecule has 5 heteroatoms. The number of carbonyl (C=O) groups excluding carboxylic acids is 1. The summed E-state index contributed by atoms with van der Waals surface area (Å²) in [5.74, 6) is 1.23. The topological polar surface area (TPSA) is 41.9 Å². The molecular formula is C24H27FN2O2. The molecule has 0 N–H and O–H groups in total. The van der Waals surface area contributed by atoms with Gasteiger partial charge in [-0.1, -0.05) is 24.3 Å². The molecule has 0 atom stereocenters. The monoisotopic (exact) mass is 394 g/mol. The van der Waals surface area contributed by atoms with E-state index in [0.29, 0.717) is 19.1 Å². The van der Waals surface area contributed by atoms with Crippen LogP contribution in [0.15, 0.2) is 53.5 Å². The highest BCUT2D eigenvalue weighted by Crippen LogP contribution is 2.26. The van der Waals surface area contributed by atoms with Gasteiger partial charge in [-0.15, -0.1) is 0 Å². The predicted molar refractivity (Wildman–Crippen MR) is 112 cm³/mol. The van der Waals surface area contributed by atoms with E-state index in [2.05, 4.69) is 9.89 Å². The summed E-state index contributed by atoms with van der Waals surface area (Å²) in [4.78, 5) is 19.1. The van der Waals surface area contributed by atoms with Gasteiger partial charge in [0.1, 0.15) is 18.1 Å². The highest BCUT2D eigenvalue weighted by Gasteiger charge is 2.25. The van der Waals surface area contributed by atoms with E-state index in [1.165, 1.54) is 12.1 Å². The summed E-state index contributed by atoms with van der Waals surface area (Å²) in [6, 6.07) is 14.0. The standard InChI is InChI=1S/C24H27FN2O2/c25-19-6-8-20(9-7-19)29-15-3-12-27-13-10-18(11-14-27)16-23-21-4-1-2-5-22(21)24(28)17-26-23/h1-2,4-9,18H,3,10-17H2. The molecule has 0 amide bonds. The van der Waals surface area contributed by atoms with Gasteiger partial charge in [0.05, 0.1) is 6.61 Å². The average molecular weight is 394 g/mol. The largest absolute Gasteiger partial charge is 0.494 e. The number of halogens is 1. The first-order chi connectivity index (χ1) is 14.2. The number of rotatable bonds is 7. The lowest BCUT2D eigenvalue weighted by atomic mass is 9.86. The second-order valence-electron chi connectivity index (χ2n) is 7.88. The van der Waals surface area contributed by atoms with Crippen LogP contribution in [-0.4, -0.2) is 49.2 Å². The van der Waals surface area contributed by atoms with Crippen LogP contribution < -0.4 is 4.74 Å². The van der Waals surface area contributed by atoms with Crippen LogP contribution in [0.1, 0.15) is 41.6 Å². The molecule has 1 fully saturated rings. The molecule has 1 saturated heterocycles. The number of likely N-dealkylation sites (tertiary alicyclic amines) is 1. The van der Waals surface area contributed by atoms with Crippen molar-refractivity contribution in [2.75, 3.05) is 32.8 Å². The van der Waals surface area contributed by atoms with Gasteiger partial charge in [0.25, 0.3) is 0 Å². The molecule has 2 aliphatic heterocycles. The third-order valence-electron chi connectivity index (χ3n) is 5.84. The Hall–Kier alpha value is -2.53. The second kappa shape index (κ2) is 9.31. The number of hydrogen-bond acceptors (Lipinski definition) is 4. The predicted octanol–water partition coefficient (Wildman–Crippen LogP) is 4.38. The van der Waals surface area contributed by atoms with Crippen LogP contribution in [0.4, 0.5) is 4.39 Å². The van der Waals surface area contributed by atoms with Gasteiger partial charge in [-0.05, 0) is 69.0 Å². The van der Waals surface area contributed by atoms with E-state index < -0.39 is 0 Å². The van der Waals surface area contributed by atoms with E-state index in [9.17, 15) is 9.18 Å². The Morgan fingerprint density at radius 2 is 1.76 bits per heavy atom. The maximum atomic E-state index is 12.9. The van der Waals surface area contributed by atoms with Gasteiger partial charge in [-0.2, -0.15) is 0 Å². The van der Waals surface area contributed by atoms with Gasteiger partial charge < -0.3 is 9.64 Å². The summed E-state index contributed by atoms with van der Waals surface area (Å²) in [5, 5.41) is 0. The molecule has 0 unspecified atom stereocenters. The van der Waals surface area contributed by atoms with Crippen LogP contribution in [0.5, 0.6) is 5.75 Å². The number of benzene rings is 2. The third-order valence-corrected chi connectivity index (χ3v) is 5.84. The minimum absolute atomic E-state index is 0.127. The van der Waals surface area contributed by atoms with Crippen LogP contribution in [-0.2, 0) is 0 Å². The Bertz CT molecular complexity index is 871. The number of nitrogens with zero attached hydrogens (tertiary/aromatic N) is 2. The minimum Gasteiger partial charge on any atom is -0.494 e. The zero-order valence-corrected chi connectivity index (χ0v) is 16.6. The van der Waals surface area contributed by atoms with Crippen LogP contribution >= 0.6 is 0 Å². The molecule has 0 saturated carbocycles. The van der Waals surface area contributed by atoms with E-state index in [1.54, 1.807) is 12.1 Å². The van der Waals surface area contributed by atoms with E-state index in [4.69, 9.17) is 4.74 Å². The quantitative estimate of drug-likeness (QED) is 0.655. The molecule has 29 heavy (non-hydrogen) atoms. The Kier molecular flexibility index (Phi) is 6.35. The van der Waals surface area contributed by atoms with Crippen molar-refractivity contribution in [1.82, 2.24) is 4.90 Å². The van der Waals surface area contributed by atoms with Crippen LogP contribution in [0.2, 0.25) is 0 Å². The van der Waals surface area contributed by atoms with E-state index in [1.807, 2.05) is 24.3 Å². The molecule has 0 spiro atoms. The first-order valence-corrected chi connectivity index (χ1v) is 10.5. The molecule has 0 bridgehead atoms. The number of aliphatic imine (C=N–C) groups is 1.